The highest BCUT2D eigenvalue weighted by atomic mass is 16.5. The zero-order chi connectivity index (χ0) is 15.2. The minimum Gasteiger partial charge on any atom is -0.481 e. The lowest BCUT2D eigenvalue weighted by Crippen LogP contribution is -2.19. The van der Waals surface area contributed by atoms with Crippen molar-refractivity contribution in [2.75, 3.05) is 7.11 Å². The Morgan fingerprint density at radius 2 is 1.90 bits per heavy atom. The van der Waals surface area contributed by atoms with Crippen molar-refractivity contribution in [3.05, 3.63) is 59.3 Å². The number of aryl methyl sites for hydroxylation is 1. The van der Waals surface area contributed by atoms with E-state index in [0.29, 0.717) is 18.7 Å². The van der Waals surface area contributed by atoms with Crippen LogP contribution < -0.4 is 4.74 Å². The molecule has 0 radical (unpaired) electrons. The van der Waals surface area contributed by atoms with Gasteiger partial charge in [-0.25, -0.2) is 4.98 Å². The Morgan fingerprint density at radius 1 is 1.19 bits per heavy atom. The summed E-state index contributed by atoms with van der Waals surface area (Å²) in [6, 6.07) is 13.4. The highest BCUT2D eigenvalue weighted by Crippen LogP contribution is 2.16. The van der Waals surface area contributed by atoms with E-state index in [1.807, 2.05) is 43.3 Å². The van der Waals surface area contributed by atoms with E-state index in [0.717, 1.165) is 11.3 Å². The van der Waals surface area contributed by atoms with Gasteiger partial charge in [0.25, 0.3) is 0 Å². The van der Waals surface area contributed by atoms with Gasteiger partial charge in [0, 0.05) is 18.2 Å². The molecule has 0 amide bonds. The zero-order valence-corrected chi connectivity index (χ0v) is 12.2. The number of pyridine rings is 1. The van der Waals surface area contributed by atoms with E-state index in [-0.39, 0.29) is 0 Å². The number of carboxylic acids is 1. The number of nitrogens with zero attached hydrogens (tertiary/aromatic N) is 1. The Hall–Kier alpha value is -2.36. The predicted molar refractivity (Wildman–Crippen MR) is 80.5 cm³/mol. The van der Waals surface area contributed by atoms with Gasteiger partial charge in [0.05, 0.1) is 13.0 Å². The van der Waals surface area contributed by atoms with Crippen molar-refractivity contribution in [2.45, 2.75) is 19.8 Å². The molecule has 1 aromatic carbocycles. The molecule has 0 aliphatic carbocycles. The molecule has 1 aromatic heterocycles. The first kappa shape index (κ1) is 15.0. The summed E-state index contributed by atoms with van der Waals surface area (Å²) >= 11 is 0. The highest BCUT2D eigenvalue weighted by Gasteiger charge is 2.19. The van der Waals surface area contributed by atoms with E-state index < -0.39 is 11.9 Å². The van der Waals surface area contributed by atoms with Crippen LogP contribution >= 0.6 is 0 Å². The fraction of sp³-hybridized carbons (Fsp3) is 0.294. The van der Waals surface area contributed by atoms with Crippen LogP contribution in [0.1, 0.15) is 16.8 Å². The third-order valence-electron chi connectivity index (χ3n) is 3.40. The van der Waals surface area contributed by atoms with Crippen LogP contribution in [0.2, 0.25) is 0 Å². The van der Waals surface area contributed by atoms with Crippen LogP contribution in [0.25, 0.3) is 0 Å². The molecule has 4 nitrogen and oxygen atoms in total. The first-order chi connectivity index (χ1) is 10.1. The Kier molecular flexibility index (Phi) is 4.93. The quantitative estimate of drug-likeness (QED) is 0.886. The second-order valence-corrected chi connectivity index (χ2v) is 5.10. The number of ether oxygens (including phenoxy) is 1. The van der Waals surface area contributed by atoms with Crippen molar-refractivity contribution in [1.82, 2.24) is 4.98 Å². The van der Waals surface area contributed by atoms with E-state index in [1.165, 1.54) is 5.56 Å². The van der Waals surface area contributed by atoms with Gasteiger partial charge in [0.2, 0.25) is 5.88 Å². The topological polar surface area (TPSA) is 59.4 Å². The lowest BCUT2D eigenvalue weighted by atomic mass is 9.94. The van der Waals surface area contributed by atoms with E-state index in [4.69, 9.17) is 4.74 Å². The molecule has 1 atom stereocenters. The third kappa shape index (κ3) is 4.31. The normalized spacial score (nSPS) is 11.9. The van der Waals surface area contributed by atoms with E-state index in [1.54, 1.807) is 13.2 Å². The molecule has 1 N–H and O–H groups in total. The van der Waals surface area contributed by atoms with E-state index >= 15 is 0 Å². The maximum atomic E-state index is 11.5. The summed E-state index contributed by atoms with van der Waals surface area (Å²) in [5, 5.41) is 9.42. The van der Waals surface area contributed by atoms with E-state index in [2.05, 4.69) is 4.98 Å². The smallest absolute Gasteiger partial charge is 0.307 e. The Balaban J connectivity index is 2.11. The molecule has 2 aromatic rings. The van der Waals surface area contributed by atoms with Crippen molar-refractivity contribution in [3.63, 3.8) is 0 Å². The minimum absolute atomic E-state index is 0.389. The molecule has 0 spiro atoms. The number of aromatic nitrogens is 1. The summed E-state index contributed by atoms with van der Waals surface area (Å²) in [5.74, 6) is -0.792. The number of benzene rings is 1. The second kappa shape index (κ2) is 6.88. The Bertz CT molecular complexity index is 608. The highest BCUT2D eigenvalue weighted by molar-refractivity contribution is 5.70. The molecule has 0 saturated heterocycles. The molecule has 1 heterocycles. The van der Waals surface area contributed by atoms with Gasteiger partial charge in [-0.1, -0.05) is 35.9 Å². The monoisotopic (exact) mass is 285 g/mol. The molecule has 110 valence electrons. The summed E-state index contributed by atoms with van der Waals surface area (Å²) in [6.45, 7) is 2.01. The van der Waals surface area contributed by atoms with E-state index in [9.17, 15) is 9.90 Å². The summed E-state index contributed by atoms with van der Waals surface area (Å²) in [5.41, 5.74) is 2.92. The van der Waals surface area contributed by atoms with Crippen LogP contribution in [-0.4, -0.2) is 23.2 Å². The van der Waals surface area contributed by atoms with Gasteiger partial charge >= 0.3 is 5.97 Å². The molecule has 0 bridgehead atoms. The third-order valence-corrected chi connectivity index (χ3v) is 3.40. The first-order valence-electron chi connectivity index (χ1n) is 6.86. The average molecular weight is 285 g/mol. The van der Waals surface area contributed by atoms with Gasteiger partial charge in [0.15, 0.2) is 0 Å². The molecule has 21 heavy (non-hydrogen) atoms. The minimum atomic E-state index is -0.805. The van der Waals surface area contributed by atoms with Crippen molar-refractivity contribution < 1.29 is 14.6 Å². The largest absolute Gasteiger partial charge is 0.481 e. The molecule has 0 aliphatic heterocycles. The summed E-state index contributed by atoms with van der Waals surface area (Å²) < 4.78 is 5.07. The lowest BCUT2D eigenvalue weighted by Gasteiger charge is -2.12. The van der Waals surface area contributed by atoms with Crippen molar-refractivity contribution in [3.8, 4) is 5.88 Å². The number of carboxylic acid groups (broad SMARTS) is 1. The average Bonchev–Trinajstić information content (AvgIpc) is 2.49. The van der Waals surface area contributed by atoms with Gasteiger partial charge in [0.1, 0.15) is 0 Å². The summed E-state index contributed by atoms with van der Waals surface area (Å²) in [7, 11) is 1.55. The maximum Gasteiger partial charge on any atom is 0.307 e. The lowest BCUT2D eigenvalue weighted by molar-refractivity contribution is -0.141. The van der Waals surface area contributed by atoms with Gasteiger partial charge in [-0.3, -0.25) is 4.79 Å². The molecular weight excluding hydrogens is 266 g/mol. The van der Waals surface area contributed by atoms with Crippen molar-refractivity contribution in [1.29, 1.82) is 0 Å². The standard InChI is InChI=1S/C17H19NO3/c1-12-6-8-13(9-7-12)10-14(17(19)20)11-15-4-3-5-16(18-15)21-2/h3-9,14H,10-11H2,1-2H3,(H,19,20). The zero-order valence-electron chi connectivity index (χ0n) is 12.2. The number of hydrogen-bond donors (Lipinski definition) is 1. The fourth-order valence-electron chi connectivity index (χ4n) is 2.19. The maximum absolute atomic E-state index is 11.5. The van der Waals surface area contributed by atoms with Crippen LogP contribution in [0.15, 0.2) is 42.5 Å². The van der Waals surface area contributed by atoms with Gasteiger partial charge in [-0.2, -0.15) is 0 Å². The van der Waals surface area contributed by atoms with Crippen LogP contribution in [-0.2, 0) is 17.6 Å². The number of carbonyl (C=O) groups is 1. The summed E-state index contributed by atoms with van der Waals surface area (Å²) in [6.07, 6.45) is 0.884. The Morgan fingerprint density at radius 3 is 2.52 bits per heavy atom. The van der Waals surface area contributed by atoms with Crippen LogP contribution in [0.4, 0.5) is 0 Å². The SMILES string of the molecule is COc1cccc(CC(Cc2ccc(C)cc2)C(=O)O)n1. The second-order valence-electron chi connectivity index (χ2n) is 5.10. The van der Waals surface area contributed by atoms with Gasteiger partial charge < -0.3 is 9.84 Å². The number of methoxy groups -OCH3 is 1. The predicted octanol–water partition coefficient (Wildman–Crippen LogP) is 2.88. The first-order valence-corrected chi connectivity index (χ1v) is 6.86. The molecule has 0 aliphatic rings. The molecular formula is C17H19NO3. The van der Waals surface area contributed by atoms with Gasteiger partial charge in [-0.15, -0.1) is 0 Å². The Labute approximate surface area is 124 Å². The molecule has 0 fully saturated rings. The number of hydrogen-bond acceptors (Lipinski definition) is 3. The van der Waals surface area contributed by atoms with Crippen molar-refractivity contribution >= 4 is 5.97 Å². The molecule has 2 rings (SSSR count). The van der Waals surface area contributed by atoms with Gasteiger partial charge in [-0.05, 0) is 25.0 Å². The molecule has 1 unspecified atom stereocenters. The number of rotatable bonds is 6. The van der Waals surface area contributed by atoms with Crippen LogP contribution in [0.3, 0.4) is 0 Å². The molecule has 0 saturated carbocycles. The van der Waals surface area contributed by atoms with Crippen LogP contribution in [0.5, 0.6) is 5.88 Å². The summed E-state index contributed by atoms with van der Waals surface area (Å²) in [4.78, 5) is 15.8. The molecule has 4 heteroatoms. The fourth-order valence-corrected chi connectivity index (χ4v) is 2.19. The number of aliphatic carboxylic acids is 1. The van der Waals surface area contributed by atoms with Crippen molar-refractivity contribution in [2.24, 2.45) is 5.92 Å². The van der Waals surface area contributed by atoms with Crippen LogP contribution in [0, 0.1) is 12.8 Å².